The molecule has 1 aromatic heterocycles. The second kappa shape index (κ2) is 8.05. The number of hydrogen-bond donors (Lipinski definition) is 1. The van der Waals surface area contributed by atoms with Crippen LogP contribution in [0.1, 0.15) is 5.76 Å². The molecule has 0 bridgehead atoms. The summed E-state index contributed by atoms with van der Waals surface area (Å²) in [4.78, 5) is 12.3. The van der Waals surface area contributed by atoms with Crippen molar-refractivity contribution >= 4 is 45.2 Å². The van der Waals surface area contributed by atoms with Gasteiger partial charge in [-0.05, 0) is 48.5 Å². The molecular weight excluding hydrogens is 416 g/mol. The Hall–Kier alpha value is -2.81. The molecule has 3 aromatic rings. The van der Waals surface area contributed by atoms with Crippen LogP contribution in [0.4, 0.5) is 5.69 Å². The van der Waals surface area contributed by atoms with Crippen molar-refractivity contribution in [3.8, 4) is 17.4 Å². The molecule has 3 rings (SSSR count). The zero-order valence-electron chi connectivity index (χ0n) is 13.4. The van der Waals surface area contributed by atoms with Gasteiger partial charge in [-0.15, -0.1) is 0 Å². The normalized spacial score (nSPS) is 11.0. The Balaban J connectivity index is 1.78. The number of nitrogens with zero attached hydrogens (tertiary/aromatic N) is 1. The number of nitriles is 1. The third kappa shape index (κ3) is 4.42. The number of rotatable bonds is 4. The second-order valence-electron chi connectivity index (χ2n) is 5.34. The van der Waals surface area contributed by atoms with Crippen LogP contribution in [0.15, 0.2) is 75.1 Å². The number of nitrogens with one attached hydrogen (secondary N) is 1. The molecule has 2 aromatic carbocycles. The molecule has 0 unspecified atom stereocenters. The van der Waals surface area contributed by atoms with E-state index in [1.807, 2.05) is 30.3 Å². The predicted octanol–water partition coefficient (Wildman–Crippen LogP) is 5.91. The van der Waals surface area contributed by atoms with Gasteiger partial charge in [0, 0.05) is 26.8 Å². The van der Waals surface area contributed by atoms with Gasteiger partial charge in [-0.2, -0.15) is 5.26 Å². The molecule has 0 aliphatic rings. The van der Waals surface area contributed by atoms with Gasteiger partial charge in [0.05, 0.1) is 0 Å². The Morgan fingerprint density at radius 3 is 2.42 bits per heavy atom. The van der Waals surface area contributed by atoms with Crippen LogP contribution in [-0.4, -0.2) is 5.91 Å². The fraction of sp³-hybridized carbons (Fsp3) is 0. The van der Waals surface area contributed by atoms with Crippen molar-refractivity contribution in [2.75, 3.05) is 5.32 Å². The largest absolute Gasteiger partial charge is 0.457 e. The molecule has 1 heterocycles. The first kappa shape index (κ1) is 18.0. The highest BCUT2D eigenvalue weighted by molar-refractivity contribution is 9.10. The number of benzene rings is 2. The molecule has 0 atom stereocenters. The fourth-order valence-corrected chi connectivity index (χ4v) is 2.61. The van der Waals surface area contributed by atoms with Crippen molar-refractivity contribution in [2.45, 2.75) is 0 Å². The summed E-state index contributed by atoms with van der Waals surface area (Å²) in [6.07, 6.45) is 1.41. The van der Waals surface area contributed by atoms with Gasteiger partial charge in [-0.3, -0.25) is 4.79 Å². The maximum Gasteiger partial charge on any atom is 0.266 e. The molecule has 0 spiro atoms. The average molecular weight is 428 g/mol. The molecule has 1 amide bonds. The third-order valence-corrected chi connectivity index (χ3v) is 4.29. The number of carbonyl (C=O) groups is 1. The summed E-state index contributed by atoms with van der Waals surface area (Å²) in [5, 5.41) is 12.5. The van der Waals surface area contributed by atoms with Gasteiger partial charge >= 0.3 is 0 Å². The van der Waals surface area contributed by atoms with E-state index in [0.29, 0.717) is 22.2 Å². The van der Waals surface area contributed by atoms with E-state index < -0.39 is 5.91 Å². The van der Waals surface area contributed by atoms with Crippen LogP contribution in [0.2, 0.25) is 5.02 Å². The third-order valence-electron chi connectivity index (χ3n) is 3.51. The van der Waals surface area contributed by atoms with E-state index in [4.69, 9.17) is 16.0 Å². The van der Waals surface area contributed by atoms with Gasteiger partial charge in [0.25, 0.3) is 5.91 Å². The summed E-state index contributed by atoms with van der Waals surface area (Å²) >= 11 is 9.20. The summed E-state index contributed by atoms with van der Waals surface area (Å²) in [5.74, 6) is 0.557. The lowest BCUT2D eigenvalue weighted by Gasteiger charge is -2.03. The summed E-state index contributed by atoms with van der Waals surface area (Å²) < 4.78 is 6.69. The quantitative estimate of drug-likeness (QED) is 0.416. The van der Waals surface area contributed by atoms with Crippen molar-refractivity contribution in [3.63, 3.8) is 0 Å². The number of furan rings is 1. The zero-order valence-corrected chi connectivity index (χ0v) is 15.7. The summed E-state index contributed by atoms with van der Waals surface area (Å²) in [5.41, 5.74) is 1.39. The molecule has 0 saturated carbocycles. The molecule has 128 valence electrons. The SMILES string of the molecule is N#CC(=Cc1ccc(-c2ccc(Br)cc2)o1)C(=O)Nc1ccc(Cl)cc1. The Labute approximate surface area is 163 Å². The highest BCUT2D eigenvalue weighted by Crippen LogP contribution is 2.25. The topological polar surface area (TPSA) is 66.0 Å². The van der Waals surface area contributed by atoms with E-state index in [2.05, 4.69) is 21.2 Å². The Morgan fingerprint density at radius 1 is 1.08 bits per heavy atom. The number of amides is 1. The molecule has 0 aliphatic carbocycles. The summed E-state index contributed by atoms with van der Waals surface area (Å²) in [6.45, 7) is 0. The minimum atomic E-state index is -0.517. The molecular formula is C20H12BrClN2O2. The Kier molecular flexibility index (Phi) is 5.57. The Morgan fingerprint density at radius 2 is 1.77 bits per heavy atom. The maximum absolute atomic E-state index is 12.3. The minimum Gasteiger partial charge on any atom is -0.457 e. The van der Waals surface area contributed by atoms with Crippen LogP contribution < -0.4 is 5.32 Å². The highest BCUT2D eigenvalue weighted by atomic mass is 79.9. The average Bonchev–Trinajstić information content (AvgIpc) is 3.11. The molecule has 26 heavy (non-hydrogen) atoms. The van der Waals surface area contributed by atoms with Gasteiger partial charge < -0.3 is 9.73 Å². The number of halogens is 2. The summed E-state index contributed by atoms with van der Waals surface area (Å²) in [6, 6.07) is 19.7. The minimum absolute atomic E-state index is 0.0587. The van der Waals surface area contributed by atoms with Crippen LogP contribution >= 0.6 is 27.5 Å². The van der Waals surface area contributed by atoms with Crippen molar-refractivity contribution in [3.05, 3.63) is 81.5 Å². The lowest BCUT2D eigenvalue weighted by atomic mass is 10.2. The smallest absolute Gasteiger partial charge is 0.266 e. The molecule has 0 fully saturated rings. The van der Waals surface area contributed by atoms with Crippen molar-refractivity contribution in [1.82, 2.24) is 0 Å². The van der Waals surface area contributed by atoms with E-state index in [1.165, 1.54) is 6.08 Å². The maximum atomic E-state index is 12.3. The van der Waals surface area contributed by atoms with Crippen molar-refractivity contribution in [2.24, 2.45) is 0 Å². The first-order chi connectivity index (χ1) is 12.5. The van der Waals surface area contributed by atoms with Crippen LogP contribution in [0.25, 0.3) is 17.4 Å². The molecule has 0 saturated heterocycles. The number of hydrogen-bond acceptors (Lipinski definition) is 3. The van der Waals surface area contributed by atoms with Gasteiger partial charge in [0.15, 0.2) is 0 Å². The Bertz CT molecular complexity index is 1000. The van der Waals surface area contributed by atoms with E-state index >= 15 is 0 Å². The van der Waals surface area contributed by atoms with Crippen LogP contribution in [0.3, 0.4) is 0 Å². The van der Waals surface area contributed by atoms with E-state index in [-0.39, 0.29) is 5.57 Å². The van der Waals surface area contributed by atoms with Crippen LogP contribution in [-0.2, 0) is 4.79 Å². The molecule has 4 nitrogen and oxygen atoms in total. The molecule has 1 N–H and O–H groups in total. The van der Waals surface area contributed by atoms with Gasteiger partial charge in [-0.25, -0.2) is 0 Å². The van der Waals surface area contributed by atoms with Gasteiger partial charge in [0.2, 0.25) is 0 Å². The summed E-state index contributed by atoms with van der Waals surface area (Å²) in [7, 11) is 0. The molecule has 0 aliphatic heterocycles. The lowest BCUT2D eigenvalue weighted by Crippen LogP contribution is -2.13. The van der Waals surface area contributed by atoms with Crippen molar-refractivity contribution < 1.29 is 9.21 Å². The fourth-order valence-electron chi connectivity index (χ4n) is 2.22. The van der Waals surface area contributed by atoms with Crippen LogP contribution in [0.5, 0.6) is 0 Å². The van der Waals surface area contributed by atoms with Crippen molar-refractivity contribution in [1.29, 1.82) is 5.26 Å². The first-order valence-electron chi connectivity index (χ1n) is 7.59. The highest BCUT2D eigenvalue weighted by Gasteiger charge is 2.11. The van der Waals surface area contributed by atoms with Gasteiger partial charge in [0.1, 0.15) is 23.2 Å². The predicted molar refractivity (Wildman–Crippen MR) is 106 cm³/mol. The monoisotopic (exact) mass is 426 g/mol. The van der Waals surface area contributed by atoms with E-state index in [1.54, 1.807) is 36.4 Å². The molecule has 0 radical (unpaired) electrons. The van der Waals surface area contributed by atoms with Crippen LogP contribution in [0, 0.1) is 11.3 Å². The number of carbonyl (C=O) groups excluding carboxylic acids is 1. The van der Waals surface area contributed by atoms with E-state index in [9.17, 15) is 10.1 Å². The van der Waals surface area contributed by atoms with Gasteiger partial charge in [-0.1, -0.05) is 39.7 Å². The molecule has 6 heteroatoms. The lowest BCUT2D eigenvalue weighted by molar-refractivity contribution is -0.112. The van der Waals surface area contributed by atoms with E-state index in [0.717, 1.165) is 10.0 Å². The zero-order chi connectivity index (χ0) is 18.5. The standard InChI is InChI=1S/C20H12BrClN2O2/c21-15-3-1-13(2-4-15)19-10-9-18(26-19)11-14(12-23)20(25)24-17-7-5-16(22)6-8-17/h1-11H,(H,24,25). The second-order valence-corrected chi connectivity index (χ2v) is 6.69. The first-order valence-corrected chi connectivity index (χ1v) is 8.77. The number of anilines is 1.